The van der Waals surface area contributed by atoms with Gasteiger partial charge in [-0.1, -0.05) is 0 Å². The molecule has 0 saturated heterocycles. The smallest absolute Gasteiger partial charge is 0.326 e. The number of hydrogen-bond donors (Lipinski definition) is 4. The topological polar surface area (TPSA) is 104 Å². The molecule has 0 aliphatic rings. The van der Waals surface area contributed by atoms with E-state index in [0.717, 1.165) is 0 Å². The molecule has 15 heavy (non-hydrogen) atoms. The summed E-state index contributed by atoms with van der Waals surface area (Å²) in [5.41, 5.74) is 5.25. The van der Waals surface area contributed by atoms with Crippen molar-refractivity contribution in [2.24, 2.45) is 5.73 Å². The van der Waals surface area contributed by atoms with Gasteiger partial charge < -0.3 is 21.5 Å². The SMILES string of the molecule is NCCC[C@H](NC(=O)NCCCl)C(=O)O. The summed E-state index contributed by atoms with van der Waals surface area (Å²) in [7, 11) is 0. The van der Waals surface area contributed by atoms with Crippen molar-refractivity contribution in [3.8, 4) is 0 Å². The Labute approximate surface area is 93.2 Å². The molecule has 0 saturated carbocycles. The van der Waals surface area contributed by atoms with Crippen LogP contribution >= 0.6 is 11.6 Å². The summed E-state index contributed by atoms with van der Waals surface area (Å²) in [4.78, 5) is 21.8. The third-order valence-electron chi connectivity index (χ3n) is 1.68. The van der Waals surface area contributed by atoms with E-state index in [2.05, 4.69) is 10.6 Å². The van der Waals surface area contributed by atoms with E-state index in [9.17, 15) is 9.59 Å². The van der Waals surface area contributed by atoms with E-state index < -0.39 is 18.0 Å². The summed E-state index contributed by atoms with van der Waals surface area (Å²) in [5.74, 6) is -0.780. The third-order valence-corrected chi connectivity index (χ3v) is 1.87. The lowest BCUT2D eigenvalue weighted by molar-refractivity contribution is -0.139. The lowest BCUT2D eigenvalue weighted by atomic mass is 10.1. The Kier molecular flexibility index (Phi) is 7.75. The number of nitrogens with one attached hydrogen (secondary N) is 2. The van der Waals surface area contributed by atoms with Crippen molar-refractivity contribution in [2.75, 3.05) is 19.0 Å². The van der Waals surface area contributed by atoms with Crippen LogP contribution in [0.15, 0.2) is 0 Å². The molecule has 6 nitrogen and oxygen atoms in total. The van der Waals surface area contributed by atoms with Crippen LogP contribution in [0.3, 0.4) is 0 Å². The molecule has 0 aliphatic carbocycles. The zero-order valence-corrected chi connectivity index (χ0v) is 9.09. The van der Waals surface area contributed by atoms with Gasteiger partial charge in [0.05, 0.1) is 0 Å². The van der Waals surface area contributed by atoms with Crippen LogP contribution in [-0.2, 0) is 4.79 Å². The largest absolute Gasteiger partial charge is 0.480 e. The van der Waals surface area contributed by atoms with Crippen molar-refractivity contribution in [3.05, 3.63) is 0 Å². The molecular formula is C8H16ClN3O3. The van der Waals surface area contributed by atoms with E-state index in [0.29, 0.717) is 25.9 Å². The Morgan fingerprint density at radius 1 is 1.47 bits per heavy atom. The summed E-state index contributed by atoms with van der Waals surface area (Å²) in [6.45, 7) is 0.700. The summed E-state index contributed by atoms with van der Waals surface area (Å²) >= 11 is 5.35. The van der Waals surface area contributed by atoms with Crippen LogP contribution in [0.4, 0.5) is 4.79 Å². The number of rotatable bonds is 7. The van der Waals surface area contributed by atoms with Gasteiger partial charge in [0, 0.05) is 12.4 Å². The highest BCUT2D eigenvalue weighted by atomic mass is 35.5. The van der Waals surface area contributed by atoms with Crippen LogP contribution in [0.25, 0.3) is 0 Å². The van der Waals surface area contributed by atoms with Gasteiger partial charge >= 0.3 is 12.0 Å². The van der Waals surface area contributed by atoms with Crippen molar-refractivity contribution in [1.29, 1.82) is 0 Å². The average Bonchev–Trinajstić information content (AvgIpc) is 2.20. The molecule has 0 radical (unpaired) electrons. The van der Waals surface area contributed by atoms with Gasteiger partial charge in [-0.2, -0.15) is 0 Å². The monoisotopic (exact) mass is 237 g/mol. The van der Waals surface area contributed by atoms with Gasteiger partial charge in [-0.3, -0.25) is 0 Å². The zero-order valence-electron chi connectivity index (χ0n) is 8.33. The molecule has 2 amide bonds. The zero-order chi connectivity index (χ0) is 11.7. The molecule has 7 heteroatoms. The number of alkyl halides is 1. The molecule has 0 aromatic heterocycles. The standard InChI is InChI=1S/C8H16ClN3O3/c9-3-5-11-8(15)12-6(7(13)14)2-1-4-10/h6H,1-5,10H2,(H,13,14)(H2,11,12,15)/t6-/m0/s1. The van der Waals surface area contributed by atoms with Crippen LogP contribution in [-0.4, -0.2) is 42.1 Å². The van der Waals surface area contributed by atoms with Gasteiger partial charge in [0.1, 0.15) is 6.04 Å². The number of carboxylic acids is 1. The van der Waals surface area contributed by atoms with Crippen LogP contribution < -0.4 is 16.4 Å². The van der Waals surface area contributed by atoms with Crippen molar-refractivity contribution >= 4 is 23.6 Å². The first-order valence-electron chi connectivity index (χ1n) is 4.65. The lowest BCUT2D eigenvalue weighted by Gasteiger charge is -2.14. The molecule has 88 valence electrons. The number of urea groups is 1. The Morgan fingerprint density at radius 2 is 2.13 bits per heavy atom. The second kappa shape index (κ2) is 8.31. The number of carbonyl (C=O) groups is 2. The number of aliphatic carboxylic acids is 1. The predicted octanol–water partition coefficient (Wildman–Crippen LogP) is -0.284. The molecule has 0 unspecified atom stereocenters. The Balaban J connectivity index is 3.93. The van der Waals surface area contributed by atoms with E-state index in [1.54, 1.807) is 0 Å². The summed E-state index contributed by atoms with van der Waals surface area (Å²) < 4.78 is 0. The molecule has 5 N–H and O–H groups in total. The highest BCUT2D eigenvalue weighted by Gasteiger charge is 2.18. The summed E-state index contributed by atoms with van der Waals surface area (Å²) in [6, 6.07) is -1.43. The molecule has 0 fully saturated rings. The van der Waals surface area contributed by atoms with Crippen LogP contribution in [0.1, 0.15) is 12.8 Å². The molecule has 0 aliphatic heterocycles. The number of halogens is 1. The van der Waals surface area contributed by atoms with Gasteiger partial charge in [0.2, 0.25) is 0 Å². The van der Waals surface area contributed by atoms with E-state index in [1.165, 1.54) is 0 Å². The third kappa shape index (κ3) is 6.98. The highest BCUT2D eigenvalue weighted by Crippen LogP contribution is 1.96. The Hall–Kier alpha value is -1.01. The van der Waals surface area contributed by atoms with Crippen LogP contribution in [0.5, 0.6) is 0 Å². The Morgan fingerprint density at radius 3 is 2.60 bits per heavy atom. The lowest BCUT2D eigenvalue weighted by Crippen LogP contribution is -2.46. The summed E-state index contributed by atoms with van der Waals surface area (Å²) in [5, 5.41) is 13.5. The molecule has 0 spiro atoms. The van der Waals surface area contributed by atoms with Crippen molar-refractivity contribution < 1.29 is 14.7 Å². The minimum Gasteiger partial charge on any atom is -0.480 e. The van der Waals surface area contributed by atoms with E-state index in [4.69, 9.17) is 22.4 Å². The fraction of sp³-hybridized carbons (Fsp3) is 0.750. The molecule has 0 aromatic carbocycles. The molecule has 0 rings (SSSR count). The highest BCUT2D eigenvalue weighted by molar-refractivity contribution is 6.18. The quantitative estimate of drug-likeness (QED) is 0.457. The van der Waals surface area contributed by atoms with E-state index in [-0.39, 0.29) is 5.88 Å². The maximum Gasteiger partial charge on any atom is 0.326 e. The van der Waals surface area contributed by atoms with Gasteiger partial charge in [-0.05, 0) is 19.4 Å². The number of nitrogens with two attached hydrogens (primary N) is 1. The van der Waals surface area contributed by atoms with Crippen molar-refractivity contribution in [2.45, 2.75) is 18.9 Å². The number of carbonyl (C=O) groups excluding carboxylic acids is 1. The van der Waals surface area contributed by atoms with Gasteiger partial charge in [-0.15, -0.1) is 11.6 Å². The number of hydrogen-bond acceptors (Lipinski definition) is 3. The van der Waals surface area contributed by atoms with Crippen molar-refractivity contribution in [1.82, 2.24) is 10.6 Å². The van der Waals surface area contributed by atoms with Crippen LogP contribution in [0.2, 0.25) is 0 Å². The van der Waals surface area contributed by atoms with Crippen molar-refractivity contribution in [3.63, 3.8) is 0 Å². The van der Waals surface area contributed by atoms with Crippen LogP contribution in [0, 0.1) is 0 Å². The van der Waals surface area contributed by atoms with Gasteiger partial charge in [0.25, 0.3) is 0 Å². The van der Waals surface area contributed by atoms with E-state index in [1.807, 2.05) is 0 Å². The average molecular weight is 238 g/mol. The normalized spacial score (nSPS) is 11.9. The molecule has 0 heterocycles. The second-order valence-electron chi connectivity index (χ2n) is 2.91. The summed E-state index contributed by atoms with van der Waals surface area (Å²) in [6.07, 6.45) is 0.868. The maximum absolute atomic E-state index is 11.1. The number of carboxylic acid groups (broad SMARTS) is 1. The Bertz CT molecular complexity index is 213. The molecule has 0 bridgehead atoms. The molecular weight excluding hydrogens is 222 g/mol. The second-order valence-corrected chi connectivity index (χ2v) is 3.29. The number of amides is 2. The first-order chi connectivity index (χ1) is 7.11. The first kappa shape index (κ1) is 14.0. The minimum atomic E-state index is -1.07. The molecule has 0 aromatic rings. The molecule has 1 atom stereocenters. The van der Waals surface area contributed by atoms with E-state index >= 15 is 0 Å². The predicted molar refractivity (Wildman–Crippen MR) is 57.0 cm³/mol. The minimum absolute atomic E-state index is 0.286. The maximum atomic E-state index is 11.1. The van der Waals surface area contributed by atoms with Gasteiger partial charge in [-0.25, -0.2) is 9.59 Å². The fourth-order valence-electron chi connectivity index (χ4n) is 0.949. The van der Waals surface area contributed by atoms with Gasteiger partial charge in [0.15, 0.2) is 0 Å². The fourth-order valence-corrected chi connectivity index (χ4v) is 1.04. The first-order valence-corrected chi connectivity index (χ1v) is 5.18.